The molecule has 2 aromatic carbocycles. The Morgan fingerprint density at radius 1 is 0.935 bits per heavy atom. The summed E-state index contributed by atoms with van der Waals surface area (Å²) in [6.45, 7) is 10.5. The van der Waals surface area contributed by atoms with Crippen molar-refractivity contribution in [3.8, 4) is 0 Å². The maximum atomic E-state index is 13.2. The van der Waals surface area contributed by atoms with Gasteiger partial charge in [-0.25, -0.2) is 19.2 Å². The summed E-state index contributed by atoms with van der Waals surface area (Å²) < 4.78 is 18.7. The molecule has 0 spiro atoms. The van der Waals surface area contributed by atoms with E-state index in [4.69, 9.17) is 9.72 Å². The summed E-state index contributed by atoms with van der Waals surface area (Å²) in [7, 11) is 0. The van der Waals surface area contributed by atoms with Crippen LogP contribution in [0.3, 0.4) is 0 Å². The van der Waals surface area contributed by atoms with Crippen molar-refractivity contribution in [2.24, 2.45) is 0 Å². The van der Waals surface area contributed by atoms with Gasteiger partial charge in [0.1, 0.15) is 5.82 Å². The van der Waals surface area contributed by atoms with Crippen LogP contribution < -0.4 is 9.80 Å². The fraction of sp³-hybridized carbons (Fsp3) is 0.375. The van der Waals surface area contributed by atoms with Crippen molar-refractivity contribution in [3.05, 3.63) is 59.0 Å². The van der Waals surface area contributed by atoms with Crippen LogP contribution in [0.1, 0.15) is 35.5 Å². The van der Waals surface area contributed by atoms with E-state index in [2.05, 4.69) is 14.8 Å². The van der Waals surface area contributed by atoms with Gasteiger partial charge in [-0.1, -0.05) is 0 Å². The predicted molar refractivity (Wildman–Crippen MR) is 120 cm³/mol. The molecule has 1 saturated heterocycles. The van der Waals surface area contributed by atoms with Crippen LogP contribution in [-0.2, 0) is 4.74 Å². The van der Waals surface area contributed by atoms with E-state index < -0.39 is 5.97 Å². The summed E-state index contributed by atoms with van der Waals surface area (Å²) in [5.41, 5.74) is 4.92. The van der Waals surface area contributed by atoms with Crippen molar-refractivity contribution in [1.29, 1.82) is 0 Å². The summed E-state index contributed by atoms with van der Waals surface area (Å²) >= 11 is 0. The summed E-state index contributed by atoms with van der Waals surface area (Å²) in [6, 6.07) is 10.5. The molecule has 2 heterocycles. The van der Waals surface area contributed by atoms with Crippen molar-refractivity contribution >= 4 is 28.5 Å². The Hall–Kier alpha value is -3.22. The zero-order valence-corrected chi connectivity index (χ0v) is 18.4. The molecule has 7 heteroatoms. The zero-order valence-electron chi connectivity index (χ0n) is 18.4. The van der Waals surface area contributed by atoms with Crippen LogP contribution in [0.2, 0.25) is 0 Å². The fourth-order valence-corrected chi connectivity index (χ4v) is 3.76. The van der Waals surface area contributed by atoms with E-state index in [1.165, 1.54) is 12.1 Å². The first-order chi connectivity index (χ1) is 14.8. The second-order valence-corrected chi connectivity index (χ2v) is 8.23. The molecular weight excluding hydrogens is 395 g/mol. The first-order valence-corrected chi connectivity index (χ1v) is 10.6. The third-order valence-corrected chi connectivity index (χ3v) is 5.57. The number of benzene rings is 2. The maximum absolute atomic E-state index is 13.2. The zero-order chi connectivity index (χ0) is 22.1. The minimum atomic E-state index is -0.460. The van der Waals surface area contributed by atoms with Gasteiger partial charge in [-0.3, -0.25) is 0 Å². The highest BCUT2D eigenvalue weighted by molar-refractivity contribution is 5.95. The molecule has 0 N–H and O–H groups in total. The molecule has 0 radical (unpaired) electrons. The van der Waals surface area contributed by atoms with E-state index in [9.17, 15) is 9.18 Å². The molecule has 1 aliphatic rings. The van der Waals surface area contributed by atoms with E-state index in [-0.39, 0.29) is 17.6 Å². The van der Waals surface area contributed by atoms with Gasteiger partial charge in [0.25, 0.3) is 0 Å². The number of ether oxygens (including phenoxy) is 1. The normalized spacial score (nSPS) is 14.4. The molecular formula is C24H27FN4O2. The fourth-order valence-electron chi connectivity index (χ4n) is 3.76. The Balaban J connectivity index is 1.66. The van der Waals surface area contributed by atoms with Gasteiger partial charge in [0.05, 0.1) is 17.1 Å². The SMILES string of the molecule is Cc1cc2nc(C(=O)OC(C)C)c(N3CCN(c4ccc(F)cc4)CC3)nc2cc1C. The molecule has 0 aliphatic carbocycles. The molecule has 162 valence electrons. The number of halogens is 1. The average Bonchev–Trinajstić information content (AvgIpc) is 2.74. The van der Waals surface area contributed by atoms with Crippen molar-refractivity contribution in [1.82, 2.24) is 9.97 Å². The lowest BCUT2D eigenvalue weighted by Gasteiger charge is -2.37. The van der Waals surface area contributed by atoms with Crippen molar-refractivity contribution < 1.29 is 13.9 Å². The smallest absolute Gasteiger partial charge is 0.361 e. The lowest BCUT2D eigenvalue weighted by molar-refractivity contribution is 0.0371. The molecule has 0 bridgehead atoms. The lowest BCUT2D eigenvalue weighted by Crippen LogP contribution is -2.47. The van der Waals surface area contributed by atoms with E-state index in [0.717, 1.165) is 35.4 Å². The number of nitrogens with zero attached hydrogens (tertiary/aromatic N) is 4. The number of fused-ring (bicyclic) bond motifs is 1. The van der Waals surface area contributed by atoms with Gasteiger partial charge in [0, 0.05) is 31.9 Å². The van der Waals surface area contributed by atoms with Crippen LogP contribution in [-0.4, -0.2) is 48.2 Å². The monoisotopic (exact) mass is 422 g/mol. The van der Waals surface area contributed by atoms with Gasteiger partial charge in [0.2, 0.25) is 0 Å². The van der Waals surface area contributed by atoms with E-state index >= 15 is 0 Å². The molecule has 1 aromatic heterocycles. The summed E-state index contributed by atoms with van der Waals surface area (Å²) in [6.07, 6.45) is -0.243. The van der Waals surface area contributed by atoms with Gasteiger partial charge in [0.15, 0.2) is 11.5 Å². The number of hydrogen-bond acceptors (Lipinski definition) is 6. The van der Waals surface area contributed by atoms with Crippen molar-refractivity contribution in [2.75, 3.05) is 36.0 Å². The number of carbonyl (C=O) groups excluding carboxylic acids is 1. The van der Waals surface area contributed by atoms with Gasteiger partial charge in [-0.05, 0) is 75.2 Å². The second-order valence-electron chi connectivity index (χ2n) is 8.23. The quantitative estimate of drug-likeness (QED) is 0.585. The van der Waals surface area contributed by atoms with Crippen LogP contribution in [0, 0.1) is 19.7 Å². The number of anilines is 2. The largest absolute Gasteiger partial charge is 0.458 e. The maximum Gasteiger partial charge on any atom is 0.361 e. The molecule has 3 aromatic rings. The highest BCUT2D eigenvalue weighted by Gasteiger charge is 2.26. The number of piperazine rings is 1. The molecule has 6 nitrogen and oxygen atoms in total. The van der Waals surface area contributed by atoms with Crippen LogP contribution in [0.15, 0.2) is 36.4 Å². The summed E-state index contributed by atoms with van der Waals surface area (Å²) in [5, 5.41) is 0. The van der Waals surface area contributed by atoms with Crippen LogP contribution in [0.5, 0.6) is 0 Å². The Kier molecular flexibility index (Phi) is 5.76. The minimum absolute atomic E-state index is 0.243. The standard InChI is InChI=1S/C24H27FN4O2/c1-15(2)31-24(30)22-23(27-21-14-17(4)16(3)13-20(21)26-22)29-11-9-28(10-12-29)19-7-5-18(25)6-8-19/h5-8,13-15H,9-12H2,1-4H3. The number of aromatic nitrogens is 2. The number of aryl methyl sites for hydroxylation is 2. The number of esters is 1. The van der Waals surface area contributed by atoms with E-state index in [1.807, 2.05) is 39.8 Å². The molecule has 0 saturated carbocycles. The highest BCUT2D eigenvalue weighted by Crippen LogP contribution is 2.26. The van der Waals surface area contributed by atoms with E-state index in [1.54, 1.807) is 12.1 Å². The molecule has 31 heavy (non-hydrogen) atoms. The van der Waals surface area contributed by atoms with Crippen molar-refractivity contribution in [3.63, 3.8) is 0 Å². The summed E-state index contributed by atoms with van der Waals surface area (Å²) in [5.74, 6) is -0.147. The lowest BCUT2D eigenvalue weighted by atomic mass is 10.1. The van der Waals surface area contributed by atoms with Crippen molar-refractivity contribution in [2.45, 2.75) is 33.8 Å². The second kappa shape index (κ2) is 8.49. The minimum Gasteiger partial charge on any atom is -0.458 e. The van der Waals surface area contributed by atoms with Gasteiger partial charge >= 0.3 is 5.97 Å². The van der Waals surface area contributed by atoms with Crippen LogP contribution in [0.25, 0.3) is 11.0 Å². The van der Waals surface area contributed by atoms with Crippen LogP contribution >= 0.6 is 0 Å². The first-order valence-electron chi connectivity index (χ1n) is 10.6. The number of rotatable bonds is 4. The van der Waals surface area contributed by atoms with E-state index in [0.29, 0.717) is 24.4 Å². The first kappa shape index (κ1) is 21.0. The predicted octanol–water partition coefficient (Wildman–Crippen LogP) is 4.28. The summed E-state index contributed by atoms with van der Waals surface area (Å²) in [4.78, 5) is 26.6. The Bertz CT molecular complexity index is 1110. The van der Waals surface area contributed by atoms with Gasteiger partial charge < -0.3 is 14.5 Å². The Morgan fingerprint density at radius 2 is 1.48 bits per heavy atom. The Labute approximate surface area is 181 Å². The molecule has 1 aliphatic heterocycles. The highest BCUT2D eigenvalue weighted by atomic mass is 19.1. The average molecular weight is 423 g/mol. The third kappa shape index (κ3) is 4.45. The molecule has 1 fully saturated rings. The van der Waals surface area contributed by atoms with Crippen LogP contribution in [0.4, 0.5) is 15.9 Å². The topological polar surface area (TPSA) is 58.6 Å². The third-order valence-electron chi connectivity index (χ3n) is 5.57. The molecule has 4 rings (SSSR count). The number of hydrogen-bond donors (Lipinski definition) is 0. The molecule has 0 atom stereocenters. The van der Waals surface area contributed by atoms with Gasteiger partial charge in [-0.15, -0.1) is 0 Å². The molecule has 0 unspecified atom stereocenters. The Morgan fingerprint density at radius 3 is 2.06 bits per heavy atom. The molecule has 0 amide bonds. The number of carbonyl (C=O) groups is 1. The van der Waals surface area contributed by atoms with Gasteiger partial charge in [-0.2, -0.15) is 0 Å².